The highest BCUT2D eigenvalue weighted by Gasteiger charge is 2.26. The fourth-order valence-electron chi connectivity index (χ4n) is 2.52. The Balaban J connectivity index is 1.91. The molecule has 22 heavy (non-hydrogen) atoms. The number of nitrogens with one attached hydrogen (secondary N) is 1. The highest BCUT2D eigenvalue weighted by molar-refractivity contribution is 5.94. The van der Waals surface area contributed by atoms with Crippen LogP contribution in [0, 0.1) is 5.92 Å². The molecule has 3 N–H and O–H groups in total. The Kier molecular flexibility index (Phi) is 6.36. The number of benzene rings is 1. The molecule has 1 amide bonds. The van der Waals surface area contributed by atoms with Gasteiger partial charge < -0.3 is 20.5 Å². The van der Waals surface area contributed by atoms with E-state index in [4.69, 9.17) is 15.2 Å². The molecule has 0 saturated carbocycles. The first-order valence-corrected chi connectivity index (χ1v) is 7.91. The summed E-state index contributed by atoms with van der Waals surface area (Å²) in [6.45, 7) is 5.91. The lowest BCUT2D eigenvalue weighted by Crippen LogP contribution is -2.44. The Bertz CT molecular complexity index is 485. The second-order valence-corrected chi connectivity index (χ2v) is 6.02. The molecule has 1 unspecified atom stereocenters. The van der Waals surface area contributed by atoms with E-state index < -0.39 is 6.04 Å². The van der Waals surface area contributed by atoms with Crippen molar-refractivity contribution in [3.05, 3.63) is 29.8 Å². The van der Waals surface area contributed by atoms with Crippen molar-refractivity contribution in [2.24, 2.45) is 11.7 Å². The van der Waals surface area contributed by atoms with E-state index in [1.807, 2.05) is 38.1 Å². The molecule has 5 nitrogen and oxygen atoms in total. The Morgan fingerprint density at radius 3 is 2.82 bits per heavy atom. The Hall–Kier alpha value is -1.43. The van der Waals surface area contributed by atoms with Crippen molar-refractivity contribution in [2.45, 2.75) is 45.4 Å². The molecule has 0 aliphatic carbocycles. The monoisotopic (exact) mass is 306 g/mol. The average molecular weight is 306 g/mol. The Labute approximate surface area is 132 Å². The predicted octanol–water partition coefficient (Wildman–Crippen LogP) is 2.30. The lowest BCUT2D eigenvalue weighted by Gasteiger charge is -2.26. The van der Waals surface area contributed by atoms with E-state index in [0.29, 0.717) is 19.8 Å². The minimum atomic E-state index is -0.487. The van der Waals surface area contributed by atoms with Gasteiger partial charge >= 0.3 is 0 Å². The summed E-state index contributed by atoms with van der Waals surface area (Å²) in [7, 11) is 0. The van der Waals surface area contributed by atoms with E-state index in [1.54, 1.807) is 0 Å². The van der Waals surface area contributed by atoms with Gasteiger partial charge in [0.15, 0.2) is 0 Å². The van der Waals surface area contributed by atoms with Gasteiger partial charge in [0.2, 0.25) is 5.91 Å². The van der Waals surface area contributed by atoms with Gasteiger partial charge in [0.25, 0.3) is 0 Å². The van der Waals surface area contributed by atoms with Crippen LogP contribution in [0.2, 0.25) is 0 Å². The van der Waals surface area contributed by atoms with Crippen molar-refractivity contribution in [3.63, 3.8) is 0 Å². The molecule has 0 spiro atoms. The zero-order chi connectivity index (χ0) is 15.9. The Morgan fingerprint density at radius 1 is 1.41 bits per heavy atom. The van der Waals surface area contributed by atoms with Crippen LogP contribution in [0.25, 0.3) is 0 Å². The maximum absolute atomic E-state index is 12.3. The number of carbonyl (C=O) groups excluding carboxylic acids is 1. The van der Waals surface area contributed by atoms with Gasteiger partial charge in [-0.15, -0.1) is 0 Å². The molecule has 2 rings (SSSR count). The molecule has 1 atom stereocenters. The summed E-state index contributed by atoms with van der Waals surface area (Å²) >= 11 is 0. The predicted molar refractivity (Wildman–Crippen MR) is 86.5 cm³/mol. The molecule has 1 heterocycles. The number of nitrogens with two attached hydrogens (primary N) is 1. The molecule has 122 valence electrons. The minimum absolute atomic E-state index is 0.131. The number of carbonyl (C=O) groups is 1. The number of anilines is 1. The third-order valence-electron chi connectivity index (χ3n) is 3.85. The number of ether oxygens (including phenoxy) is 2. The molecule has 1 aliphatic rings. The van der Waals surface area contributed by atoms with Crippen LogP contribution >= 0.6 is 0 Å². The minimum Gasteiger partial charge on any atom is -0.381 e. The van der Waals surface area contributed by atoms with Gasteiger partial charge in [0, 0.05) is 18.9 Å². The van der Waals surface area contributed by atoms with Crippen molar-refractivity contribution >= 4 is 11.6 Å². The zero-order valence-corrected chi connectivity index (χ0v) is 13.4. The molecule has 0 bridgehead atoms. The van der Waals surface area contributed by atoms with Crippen LogP contribution in [-0.2, 0) is 20.9 Å². The molecular formula is C17H26N2O3. The highest BCUT2D eigenvalue weighted by Crippen LogP contribution is 2.19. The molecule has 1 aromatic rings. The smallest absolute Gasteiger partial charge is 0.241 e. The van der Waals surface area contributed by atoms with Crippen LogP contribution in [0.4, 0.5) is 5.69 Å². The molecular weight excluding hydrogens is 280 g/mol. The molecule has 0 aromatic heterocycles. The number of rotatable bonds is 6. The van der Waals surface area contributed by atoms with E-state index in [0.717, 1.165) is 24.1 Å². The van der Waals surface area contributed by atoms with Crippen molar-refractivity contribution in [2.75, 3.05) is 18.5 Å². The first kappa shape index (κ1) is 16.9. The van der Waals surface area contributed by atoms with Crippen LogP contribution in [0.3, 0.4) is 0 Å². The van der Waals surface area contributed by atoms with E-state index in [-0.39, 0.29) is 17.9 Å². The second kappa shape index (κ2) is 8.27. The van der Waals surface area contributed by atoms with Crippen LogP contribution < -0.4 is 11.1 Å². The summed E-state index contributed by atoms with van der Waals surface area (Å²) in [6, 6.07) is 7.20. The number of hydrogen-bond donors (Lipinski definition) is 2. The molecule has 1 saturated heterocycles. The van der Waals surface area contributed by atoms with Crippen LogP contribution in [-0.4, -0.2) is 31.3 Å². The lowest BCUT2D eigenvalue weighted by atomic mass is 9.92. The maximum Gasteiger partial charge on any atom is 0.241 e. The third-order valence-corrected chi connectivity index (χ3v) is 3.85. The van der Waals surface area contributed by atoms with Gasteiger partial charge in [-0.2, -0.15) is 0 Å². The summed E-state index contributed by atoms with van der Waals surface area (Å²) in [6.07, 6.45) is 1.87. The summed E-state index contributed by atoms with van der Waals surface area (Å²) in [5.74, 6) is 0.0648. The molecule has 1 aliphatic heterocycles. The average Bonchev–Trinajstić information content (AvgIpc) is 2.53. The van der Waals surface area contributed by atoms with Gasteiger partial charge in [-0.3, -0.25) is 4.79 Å². The van der Waals surface area contributed by atoms with Gasteiger partial charge in [-0.25, -0.2) is 0 Å². The summed E-state index contributed by atoms with van der Waals surface area (Å²) < 4.78 is 10.9. The molecule has 5 heteroatoms. The standard InChI is InChI=1S/C17H26N2O3/c1-12(2)22-11-13-4-3-5-15(10-13)19-17(20)16(18)14-6-8-21-9-7-14/h3-5,10,12,14,16H,6-9,11,18H2,1-2H3,(H,19,20). The van der Waals surface area contributed by atoms with E-state index in [2.05, 4.69) is 5.32 Å². The van der Waals surface area contributed by atoms with Crippen molar-refractivity contribution in [3.8, 4) is 0 Å². The number of amides is 1. The van der Waals surface area contributed by atoms with Gasteiger partial charge in [-0.1, -0.05) is 12.1 Å². The van der Waals surface area contributed by atoms with E-state index in [1.165, 1.54) is 0 Å². The number of hydrogen-bond acceptors (Lipinski definition) is 4. The summed E-state index contributed by atoms with van der Waals surface area (Å²) in [5.41, 5.74) is 7.88. The fourth-order valence-corrected chi connectivity index (χ4v) is 2.52. The van der Waals surface area contributed by atoms with Crippen molar-refractivity contribution in [1.29, 1.82) is 0 Å². The van der Waals surface area contributed by atoms with Crippen LogP contribution in [0.15, 0.2) is 24.3 Å². The summed E-state index contributed by atoms with van der Waals surface area (Å²) in [5, 5.41) is 2.91. The zero-order valence-electron chi connectivity index (χ0n) is 13.4. The highest BCUT2D eigenvalue weighted by atomic mass is 16.5. The van der Waals surface area contributed by atoms with Crippen molar-refractivity contribution < 1.29 is 14.3 Å². The first-order valence-electron chi connectivity index (χ1n) is 7.91. The van der Waals surface area contributed by atoms with Crippen molar-refractivity contribution in [1.82, 2.24) is 0 Å². The topological polar surface area (TPSA) is 73.6 Å². The van der Waals surface area contributed by atoms with E-state index in [9.17, 15) is 4.79 Å². The molecule has 1 fully saturated rings. The van der Waals surface area contributed by atoms with Crippen LogP contribution in [0.1, 0.15) is 32.3 Å². The maximum atomic E-state index is 12.3. The van der Waals surface area contributed by atoms with E-state index >= 15 is 0 Å². The quantitative estimate of drug-likeness (QED) is 0.846. The largest absolute Gasteiger partial charge is 0.381 e. The van der Waals surface area contributed by atoms with Gasteiger partial charge in [-0.05, 0) is 50.3 Å². The van der Waals surface area contributed by atoms with Gasteiger partial charge in [0.1, 0.15) is 0 Å². The second-order valence-electron chi connectivity index (χ2n) is 6.02. The Morgan fingerprint density at radius 2 is 2.14 bits per heavy atom. The molecule has 1 aromatic carbocycles. The SMILES string of the molecule is CC(C)OCc1cccc(NC(=O)C(N)C2CCOCC2)c1. The van der Waals surface area contributed by atoms with Crippen LogP contribution in [0.5, 0.6) is 0 Å². The lowest BCUT2D eigenvalue weighted by molar-refractivity contribution is -0.119. The summed E-state index contributed by atoms with van der Waals surface area (Å²) in [4.78, 5) is 12.3. The molecule has 0 radical (unpaired) electrons. The normalized spacial score (nSPS) is 17.5. The first-order chi connectivity index (χ1) is 10.6. The third kappa shape index (κ3) is 5.09. The van der Waals surface area contributed by atoms with Gasteiger partial charge in [0.05, 0.1) is 18.8 Å². The fraction of sp³-hybridized carbons (Fsp3) is 0.588.